The molecule has 0 bridgehead atoms. The summed E-state index contributed by atoms with van der Waals surface area (Å²) in [7, 11) is 1.33. The molecule has 1 aromatic heterocycles. The second-order valence-electron chi connectivity index (χ2n) is 6.37. The molecule has 1 aliphatic heterocycles. The van der Waals surface area contributed by atoms with Gasteiger partial charge in [-0.1, -0.05) is 30.4 Å². The number of H-pyrrole nitrogens is 1. The number of rotatable bonds is 5. The highest BCUT2D eigenvalue weighted by molar-refractivity contribution is 5.94. The lowest BCUT2D eigenvalue weighted by molar-refractivity contribution is -0.154. The highest BCUT2D eigenvalue weighted by Crippen LogP contribution is 2.39. The largest absolute Gasteiger partial charge is 0.467 e. The normalized spacial score (nSPS) is 19.6. The number of esters is 1. The Morgan fingerprint density at radius 3 is 2.81 bits per heavy atom. The summed E-state index contributed by atoms with van der Waals surface area (Å²) < 4.78 is 4.98. The van der Waals surface area contributed by atoms with E-state index in [0.29, 0.717) is 19.1 Å². The summed E-state index contributed by atoms with van der Waals surface area (Å²) in [5.74, 6) is -0.713. The number of fused-ring (bicyclic) bond motifs is 3. The second kappa shape index (κ2) is 8.03. The number of aromatic nitrogens is 1. The second-order valence-corrected chi connectivity index (χ2v) is 6.37. The van der Waals surface area contributed by atoms with Gasteiger partial charge in [-0.3, -0.25) is 9.59 Å². The number of nitrogens with zero attached hydrogens (tertiary/aromatic N) is 1. The third-order valence-electron chi connectivity index (χ3n) is 4.86. The molecule has 0 unspecified atom stereocenters. The number of nitrogens with one attached hydrogen (secondary N) is 1. The van der Waals surface area contributed by atoms with Gasteiger partial charge in [-0.2, -0.15) is 0 Å². The van der Waals surface area contributed by atoms with E-state index in [1.165, 1.54) is 19.3 Å². The van der Waals surface area contributed by atoms with Gasteiger partial charge < -0.3 is 14.6 Å². The fourth-order valence-corrected chi connectivity index (χ4v) is 3.74. The molecule has 2 atom stereocenters. The lowest BCUT2D eigenvalue weighted by atomic mass is 9.89. The Hall–Kier alpha value is -3.15. The number of para-hydroxylation sites is 1. The van der Waals surface area contributed by atoms with Gasteiger partial charge in [-0.25, -0.2) is 4.79 Å². The van der Waals surface area contributed by atoms with E-state index in [-0.39, 0.29) is 5.91 Å². The lowest BCUT2D eigenvalue weighted by Crippen LogP contribution is -2.51. The van der Waals surface area contributed by atoms with Gasteiger partial charge in [0.2, 0.25) is 5.91 Å². The van der Waals surface area contributed by atoms with Gasteiger partial charge in [0.1, 0.15) is 12.3 Å². The van der Waals surface area contributed by atoms with Crippen LogP contribution in [0.3, 0.4) is 0 Å². The average Bonchev–Trinajstić information content (AvgIpc) is 3.05. The number of amides is 1. The van der Waals surface area contributed by atoms with E-state index in [9.17, 15) is 14.4 Å². The number of hydrogen-bond acceptors (Lipinski definition) is 4. The van der Waals surface area contributed by atoms with Crippen LogP contribution >= 0.6 is 0 Å². The first kappa shape index (κ1) is 18.6. The Balaban J connectivity index is 2.18. The molecule has 1 aliphatic rings. The Bertz CT molecular complexity index is 925. The zero-order valence-electron chi connectivity index (χ0n) is 15.3. The van der Waals surface area contributed by atoms with Crippen LogP contribution in [-0.4, -0.2) is 41.2 Å². The number of ether oxygens (including phenoxy) is 1. The van der Waals surface area contributed by atoms with Gasteiger partial charge in [0.15, 0.2) is 0 Å². The Kier molecular flexibility index (Phi) is 5.54. The van der Waals surface area contributed by atoms with Crippen molar-refractivity contribution in [2.45, 2.75) is 31.8 Å². The third-order valence-corrected chi connectivity index (χ3v) is 4.86. The molecule has 2 aromatic rings. The minimum absolute atomic E-state index is 0.262. The molecule has 6 nitrogen and oxygen atoms in total. The fourth-order valence-electron chi connectivity index (χ4n) is 3.74. The number of methoxy groups -OCH3 is 1. The molecule has 1 amide bonds. The minimum atomic E-state index is -0.722. The first-order valence-electron chi connectivity index (χ1n) is 8.85. The summed E-state index contributed by atoms with van der Waals surface area (Å²) in [6, 6.07) is 6.73. The van der Waals surface area contributed by atoms with Crippen LogP contribution in [-0.2, 0) is 25.5 Å². The van der Waals surface area contributed by atoms with Crippen LogP contribution < -0.4 is 0 Å². The van der Waals surface area contributed by atoms with Crippen LogP contribution in [0.15, 0.2) is 48.6 Å². The topological polar surface area (TPSA) is 79.5 Å². The number of aldehydes is 1. The van der Waals surface area contributed by atoms with Crippen molar-refractivity contribution in [3.05, 3.63) is 59.8 Å². The van der Waals surface area contributed by atoms with Crippen molar-refractivity contribution >= 4 is 29.1 Å². The predicted octanol–water partition coefficient (Wildman–Crippen LogP) is 2.86. The van der Waals surface area contributed by atoms with Crippen molar-refractivity contribution in [3.8, 4) is 0 Å². The van der Waals surface area contributed by atoms with Crippen molar-refractivity contribution in [3.63, 3.8) is 0 Å². The number of benzene rings is 1. The van der Waals surface area contributed by atoms with Gasteiger partial charge >= 0.3 is 5.97 Å². The number of hydrogen-bond donors (Lipinski definition) is 1. The van der Waals surface area contributed by atoms with E-state index in [1.807, 2.05) is 24.3 Å². The van der Waals surface area contributed by atoms with Gasteiger partial charge in [0.25, 0.3) is 0 Å². The maximum Gasteiger partial charge on any atom is 0.328 e. The number of carbonyl (C=O) groups is 3. The van der Waals surface area contributed by atoms with E-state index in [1.54, 1.807) is 24.0 Å². The Morgan fingerprint density at radius 1 is 1.33 bits per heavy atom. The summed E-state index contributed by atoms with van der Waals surface area (Å²) in [6.07, 6.45) is 7.70. The van der Waals surface area contributed by atoms with Crippen LogP contribution in [0.4, 0.5) is 0 Å². The molecule has 0 radical (unpaired) electrons. The molecule has 1 N–H and O–H groups in total. The Morgan fingerprint density at radius 2 is 2.11 bits per heavy atom. The monoisotopic (exact) mass is 366 g/mol. The van der Waals surface area contributed by atoms with Crippen LogP contribution in [0.25, 0.3) is 10.9 Å². The van der Waals surface area contributed by atoms with Crippen molar-refractivity contribution in [2.24, 2.45) is 0 Å². The molecule has 3 rings (SSSR count). The van der Waals surface area contributed by atoms with Crippen molar-refractivity contribution in [1.29, 1.82) is 0 Å². The average molecular weight is 366 g/mol. The number of allylic oxidation sites excluding steroid dienone is 2. The SMILES string of the molecule is C/C=C/C(=O)N1[C@H](C/C=C/C=O)c2[nH]c3ccccc3c2C[C@H]1C(=O)OC. The Labute approximate surface area is 157 Å². The highest BCUT2D eigenvalue weighted by atomic mass is 16.5. The molecule has 140 valence electrons. The van der Waals surface area contributed by atoms with Gasteiger partial charge in [-0.05, 0) is 37.1 Å². The van der Waals surface area contributed by atoms with Crippen LogP contribution in [0.1, 0.15) is 30.6 Å². The molecule has 27 heavy (non-hydrogen) atoms. The van der Waals surface area contributed by atoms with Crippen LogP contribution in [0, 0.1) is 0 Å². The van der Waals surface area contributed by atoms with E-state index in [4.69, 9.17) is 4.74 Å². The van der Waals surface area contributed by atoms with Gasteiger partial charge in [0.05, 0.1) is 13.2 Å². The minimum Gasteiger partial charge on any atom is -0.467 e. The molecular formula is C21H22N2O4. The van der Waals surface area contributed by atoms with Crippen molar-refractivity contribution < 1.29 is 19.1 Å². The summed E-state index contributed by atoms with van der Waals surface area (Å²) in [5.41, 5.74) is 2.86. The zero-order valence-corrected chi connectivity index (χ0v) is 15.3. The third kappa shape index (κ3) is 3.43. The summed E-state index contributed by atoms with van der Waals surface area (Å²) in [6.45, 7) is 1.75. The maximum absolute atomic E-state index is 12.8. The summed E-state index contributed by atoms with van der Waals surface area (Å²) in [4.78, 5) is 41.0. The molecule has 2 heterocycles. The summed E-state index contributed by atoms with van der Waals surface area (Å²) >= 11 is 0. The van der Waals surface area contributed by atoms with Crippen LogP contribution in [0.2, 0.25) is 0 Å². The molecule has 6 heteroatoms. The molecule has 0 saturated heterocycles. The number of carbonyl (C=O) groups excluding carboxylic acids is 3. The van der Waals surface area contributed by atoms with Gasteiger partial charge in [-0.15, -0.1) is 0 Å². The van der Waals surface area contributed by atoms with Crippen molar-refractivity contribution in [2.75, 3.05) is 7.11 Å². The molecule has 0 saturated carbocycles. The first-order chi connectivity index (χ1) is 13.1. The fraction of sp³-hybridized carbons (Fsp3) is 0.286. The molecule has 0 spiro atoms. The zero-order chi connectivity index (χ0) is 19.4. The van der Waals surface area contributed by atoms with E-state index in [2.05, 4.69) is 4.98 Å². The van der Waals surface area contributed by atoms with E-state index in [0.717, 1.165) is 22.2 Å². The van der Waals surface area contributed by atoms with Crippen molar-refractivity contribution in [1.82, 2.24) is 9.88 Å². The maximum atomic E-state index is 12.8. The molecular weight excluding hydrogens is 344 g/mol. The predicted molar refractivity (Wildman–Crippen MR) is 102 cm³/mol. The summed E-state index contributed by atoms with van der Waals surface area (Å²) in [5, 5.41) is 1.03. The smallest absolute Gasteiger partial charge is 0.328 e. The molecule has 0 aliphatic carbocycles. The van der Waals surface area contributed by atoms with Gasteiger partial charge in [0, 0.05) is 23.0 Å². The standard InChI is InChI=1S/C21H22N2O4/c1-3-8-19(25)23-17(11-6-7-12-24)20-15(13-18(23)21(26)27-2)14-9-4-5-10-16(14)22-20/h3-10,12,17-18,22H,11,13H2,1-2H3/b7-6+,8-3+/t17-,18+/m1/s1. The van der Waals surface area contributed by atoms with E-state index < -0.39 is 18.1 Å². The first-order valence-corrected chi connectivity index (χ1v) is 8.85. The highest BCUT2D eigenvalue weighted by Gasteiger charge is 2.42. The van der Waals surface area contributed by atoms with Crippen LogP contribution in [0.5, 0.6) is 0 Å². The van der Waals surface area contributed by atoms with E-state index >= 15 is 0 Å². The molecule has 0 fully saturated rings. The quantitative estimate of drug-likeness (QED) is 0.501. The number of aromatic amines is 1. The lowest BCUT2D eigenvalue weighted by Gasteiger charge is -2.40. The molecule has 1 aromatic carbocycles.